The number of alkyl halides is 3. The molecule has 2 aliphatic heterocycles. The van der Waals surface area contributed by atoms with E-state index < -0.39 is 59.1 Å². The number of methoxy groups -OCH3 is 1. The molecule has 0 radical (unpaired) electrons. The Morgan fingerprint density at radius 2 is 2.00 bits per heavy atom. The van der Waals surface area contributed by atoms with Gasteiger partial charge in [-0.25, -0.2) is 9.37 Å². The van der Waals surface area contributed by atoms with Crippen molar-refractivity contribution in [2.75, 3.05) is 23.9 Å². The highest BCUT2D eigenvalue weighted by Crippen LogP contribution is 2.55. The number of nitrogens with zero attached hydrogens (tertiary/aromatic N) is 2. The summed E-state index contributed by atoms with van der Waals surface area (Å²) in [6.45, 7) is 2.34. The van der Waals surface area contributed by atoms with Gasteiger partial charge in [0.2, 0.25) is 11.7 Å². The lowest BCUT2D eigenvalue weighted by molar-refractivity contribution is -0.272. The number of hydrogen-bond donors (Lipinski definition) is 2. The second-order valence-electron chi connectivity index (χ2n) is 9.22. The minimum Gasteiger partial charge on any atom is -0.493 e. The van der Waals surface area contributed by atoms with Gasteiger partial charge in [0.1, 0.15) is 11.9 Å². The summed E-state index contributed by atoms with van der Waals surface area (Å²) < 4.78 is 80.9. The van der Waals surface area contributed by atoms with E-state index >= 15 is 0 Å². The molecule has 5 atom stereocenters. The molecule has 13 heteroatoms. The molecule has 2 fully saturated rings. The number of aromatic nitrogens is 1. The average Bonchev–Trinajstić information content (AvgIpc) is 3.32. The van der Waals surface area contributed by atoms with Crippen molar-refractivity contribution in [2.24, 2.45) is 11.7 Å². The fraction of sp³-hybridized carbons (Fsp3) is 0.458. The summed E-state index contributed by atoms with van der Waals surface area (Å²) in [5, 5.41) is 2.50. The second kappa shape index (κ2) is 9.53. The SMILES string of the molecule is COc1c([C@H]2[C@H](C(=O)Nc3ccnc(N4CC[C@H](N)C4=O)c3)O[C@@](C)(C(F)(F)F)[C@H]2C)ccc(F)c1F. The van der Waals surface area contributed by atoms with Gasteiger partial charge in [0, 0.05) is 41.9 Å². The Labute approximate surface area is 208 Å². The van der Waals surface area contributed by atoms with Gasteiger partial charge >= 0.3 is 6.18 Å². The van der Waals surface area contributed by atoms with Crippen LogP contribution in [-0.2, 0) is 14.3 Å². The molecule has 1 aromatic heterocycles. The van der Waals surface area contributed by atoms with E-state index in [1.165, 1.54) is 30.2 Å². The highest BCUT2D eigenvalue weighted by Gasteiger charge is 2.66. The summed E-state index contributed by atoms with van der Waals surface area (Å²) in [6.07, 6.45) is -4.91. The predicted molar refractivity (Wildman–Crippen MR) is 122 cm³/mol. The lowest BCUT2D eigenvalue weighted by Crippen LogP contribution is -2.47. The minimum absolute atomic E-state index is 0.135. The first-order valence-electron chi connectivity index (χ1n) is 11.4. The molecule has 0 aliphatic carbocycles. The molecule has 8 nitrogen and oxygen atoms in total. The molecule has 2 aliphatic rings. The molecule has 4 rings (SSSR count). The first-order valence-corrected chi connectivity index (χ1v) is 11.4. The van der Waals surface area contributed by atoms with Gasteiger partial charge in [0.15, 0.2) is 17.2 Å². The third kappa shape index (κ3) is 4.50. The fourth-order valence-electron chi connectivity index (χ4n) is 4.83. The maximum atomic E-state index is 14.5. The number of anilines is 2. The van der Waals surface area contributed by atoms with Crippen LogP contribution < -0.4 is 20.7 Å². The number of hydrogen-bond acceptors (Lipinski definition) is 6. The molecule has 3 heterocycles. The lowest BCUT2D eigenvalue weighted by atomic mass is 9.77. The number of amides is 2. The predicted octanol–water partition coefficient (Wildman–Crippen LogP) is 3.51. The van der Waals surface area contributed by atoms with Crippen LogP contribution in [0.1, 0.15) is 31.7 Å². The maximum Gasteiger partial charge on any atom is 0.417 e. The van der Waals surface area contributed by atoms with E-state index in [4.69, 9.17) is 15.2 Å². The van der Waals surface area contributed by atoms with E-state index in [1.807, 2.05) is 0 Å². The van der Waals surface area contributed by atoms with Gasteiger partial charge in [-0.2, -0.15) is 17.6 Å². The highest BCUT2D eigenvalue weighted by molar-refractivity contribution is 6.00. The van der Waals surface area contributed by atoms with Crippen LogP contribution in [0.2, 0.25) is 0 Å². The van der Waals surface area contributed by atoms with Gasteiger partial charge in [-0.15, -0.1) is 0 Å². The number of ether oxygens (including phenoxy) is 2. The number of carbonyl (C=O) groups is 2. The van der Waals surface area contributed by atoms with Crippen molar-refractivity contribution in [1.29, 1.82) is 0 Å². The normalized spacial score (nSPS) is 28.0. The van der Waals surface area contributed by atoms with Crippen LogP contribution in [0.5, 0.6) is 5.75 Å². The topological polar surface area (TPSA) is 107 Å². The Morgan fingerprint density at radius 1 is 1.30 bits per heavy atom. The van der Waals surface area contributed by atoms with E-state index in [2.05, 4.69) is 10.3 Å². The molecule has 2 saturated heterocycles. The highest BCUT2D eigenvalue weighted by atomic mass is 19.4. The zero-order chi connectivity index (χ0) is 27.3. The Morgan fingerprint density at radius 3 is 2.59 bits per heavy atom. The molecular weight excluding hydrogens is 503 g/mol. The summed E-state index contributed by atoms with van der Waals surface area (Å²) in [4.78, 5) is 31.0. The molecule has 1 aromatic carbocycles. The number of benzene rings is 1. The number of rotatable bonds is 5. The summed E-state index contributed by atoms with van der Waals surface area (Å²) in [5.74, 6) is -7.11. The first-order chi connectivity index (χ1) is 17.3. The average molecular weight is 528 g/mol. The van der Waals surface area contributed by atoms with Crippen molar-refractivity contribution in [3.8, 4) is 5.75 Å². The van der Waals surface area contributed by atoms with Crippen molar-refractivity contribution in [1.82, 2.24) is 4.98 Å². The molecule has 0 spiro atoms. The maximum absolute atomic E-state index is 14.5. The number of nitrogens with one attached hydrogen (secondary N) is 1. The summed E-state index contributed by atoms with van der Waals surface area (Å²) in [6, 6.07) is 3.92. The van der Waals surface area contributed by atoms with E-state index in [0.717, 1.165) is 26.2 Å². The zero-order valence-corrected chi connectivity index (χ0v) is 20.1. The van der Waals surface area contributed by atoms with Crippen molar-refractivity contribution < 1.29 is 41.0 Å². The van der Waals surface area contributed by atoms with E-state index in [1.54, 1.807) is 0 Å². The Balaban J connectivity index is 1.70. The largest absolute Gasteiger partial charge is 0.493 e. The van der Waals surface area contributed by atoms with E-state index in [0.29, 0.717) is 13.0 Å². The van der Waals surface area contributed by atoms with Gasteiger partial charge in [0.25, 0.3) is 5.91 Å². The number of carbonyl (C=O) groups excluding carboxylic acids is 2. The van der Waals surface area contributed by atoms with E-state index in [-0.39, 0.29) is 23.0 Å². The second-order valence-corrected chi connectivity index (χ2v) is 9.22. The summed E-state index contributed by atoms with van der Waals surface area (Å²) >= 11 is 0. The van der Waals surface area contributed by atoms with E-state index in [9.17, 15) is 31.5 Å². The third-order valence-electron chi connectivity index (χ3n) is 7.11. The van der Waals surface area contributed by atoms with Gasteiger partial charge in [0.05, 0.1) is 13.2 Å². The fourth-order valence-corrected chi connectivity index (χ4v) is 4.83. The van der Waals surface area contributed by atoms with Crippen molar-refractivity contribution >= 4 is 23.3 Å². The number of nitrogens with two attached hydrogens (primary N) is 1. The Bertz CT molecular complexity index is 1230. The summed E-state index contributed by atoms with van der Waals surface area (Å²) in [5.41, 5.74) is 2.95. The van der Waals surface area contributed by atoms with Gasteiger partial charge in [-0.05, 0) is 25.5 Å². The molecule has 200 valence electrons. The van der Waals surface area contributed by atoms with Crippen molar-refractivity contribution in [3.63, 3.8) is 0 Å². The zero-order valence-electron chi connectivity index (χ0n) is 20.1. The minimum atomic E-state index is -4.88. The standard InChI is InChI=1S/C24H25F5N4O4/c1-11-17(13-4-5-14(25)18(26)19(13)36-3)20(37-23(11,2)24(27,28)29)21(34)32-12-6-8-31-16(10-12)33-9-7-15(30)22(33)35/h4-6,8,10-11,15,17,20H,7,9,30H2,1-3H3,(H,31,32,34)/t11-,15-,17-,20+,23+/m0/s1. The monoisotopic (exact) mass is 528 g/mol. The molecule has 0 saturated carbocycles. The van der Waals surface area contributed by atoms with Crippen LogP contribution in [0.25, 0.3) is 0 Å². The smallest absolute Gasteiger partial charge is 0.417 e. The van der Waals surface area contributed by atoms with Crippen LogP contribution in [0.15, 0.2) is 30.5 Å². The van der Waals surface area contributed by atoms with Crippen LogP contribution in [-0.4, -0.2) is 54.4 Å². The molecule has 37 heavy (non-hydrogen) atoms. The molecule has 2 aromatic rings. The number of pyridine rings is 1. The quantitative estimate of drug-likeness (QED) is 0.576. The summed E-state index contributed by atoms with van der Waals surface area (Å²) in [7, 11) is 1.05. The molecular formula is C24H25F5N4O4. The molecule has 3 N–H and O–H groups in total. The van der Waals surface area contributed by atoms with Crippen LogP contribution in [0.4, 0.5) is 33.5 Å². The third-order valence-corrected chi connectivity index (χ3v) is 7.11. The Hall–Kier alpha value is -3.32. The van der Waals surface area contributed by atoms with Gasteiger partial charge < -0.3 is 20.5 Å². The van der Waals surface area contributed by atoms with Crippen molar-refractivity contribution in [3.05, 3.63) is 47.7 Å². The molecule has 0 unspecified atom stereocenters. The van der Waals surface area contributed by atoms with Gasteiger partial charge in [-0.3, -0.25) is 14.5 Å². The van der Waals surface area contributed by atoms with Crippen LogP contribution in [0.3, 0.4) is 0 Å². The molecule has 2 amide bonds. The first kappa shape index (κ1) is 26.7. The van der Waals surface area contributed by atoms with Crippen LogP contribution in [0, 0.1) is 17.6 Å². The number of halogens is 5. The van der Waals surface area contributed by atoms with Gasteiger partial charge in [-0.1, -0.05) is 13.0 Å². The Kier molecular flexibility index (Phi) is 6.88. The van der Waals surface area contributed by atoms with Crippen LogP contribution >= 0.6 is 0 Å². The van der Waals surface area contributed by atoms with Crippen molar-refractivity contribution in [2.45, 2.75) is 50.1 Å². The lowest BCUT2D eigenvalue weighted by Gasteiger charge is -2.32. The molecule has 0 bridgehead atoms.